The molecule has 23 heavy (non-hydrogen) atoms. The summed E-state index contributed by atoms with van der Waals surface area (Å²) in [5.74, 6) is 0.740. The fraction of sp³-hybridized carbons (Fsp3) is 0.600. The lowest BCUT2D eigenvalue weighted by Crippen LogP contribution is -2.28. The number of hydrogen-bond donors (Lipinski definition) is 2. The molecule has 7 nitrogen and oxygen atoms in total. The lowest BCUT2D eigenvalue weighted by Gasteiger charge is -2.22. The average Bonchev–Trinajstić information content (AvgIpc) is 2.55. The van der Waals surface area contributed by atoms with Gasteiger partial charge in [-0.25, -0.2) is 13.1 Å². The predicted octanol–water partition coefficient (Wildman–Crippen LogP) is 2.04. The molecule has 0 atom stereocenters. The van der Waals surface area contributed by atoms with E-state index in [0.717, 1.165) is 44.3 Å². The highest BCUT2D eigenvalue weighted by Crippen LogP contribution is 2.19. The third-order valence-corrected chi connectivity index (χ3v) is 5.59. The summed E-state index contributed by atoms with van der Waals surface area (Å²) in [5, 5.41) is 14.0. The quantitative estimate of drug-likeness (QED) is 0.428. The zero-order valence-corrected chi connectivity index (χ0v) is 13.8. The Balaban J connectivity index is 1.77. The van der Waals surface area contributed by atoms with Crippen molar-refractivity contribution in [3.63, 3.8) is 0 Å². The second-order valence-corrected chi connectivity index (χ2v) is 7.61. The number of unbranched alkanes of at least 4 members (excludes halogenated alkanes) is 1. The second kappa shape index (κ2) is 8.37. The van der Waals surface area contributed by atoms with Crippen LogP contribution in [0.1, 0.15) is 32.1 Å². The van der Waals surface area contributed by atoms with E-state index in [9.17, 15) is 18.5 Å². The molecule has 1 aliphatic rings. The van der Waals surface area contributed by atoms with E-state index in [4.69, 9.17) is 0 Å². The molecule has 8 heteroatoms. The third kappa shape index (κ3) is 5.56. The summed E-state index contributed by atoms with van der Waals surface area (Å²) in [6, 6.07) is 5.10. The van der Waals surface area contributed by atoms with Gasteiger partial charge in [0.15, 0.2) is 0 Å². The fourth-order valence-corrected chi connectivity index (χ4v) is 3.90. The predicted molar refractivity (Wildman–Crippen MR) is 87.7 cm³/mol. The Labute approximate surface area is 136 Å². The lowest BCUT2D eigenvalue weighted by atomic mass is 9.93. The van der Waals surface area contributed by atoms with Crippen molar-refractivity contribution in [2.24, 2.45) is 5.92 Å². The van der Waals surface area contributed by atoms with Gasteiger partial charge in [0.2, 0.25) is 10.0 Å². The molecule has 0 unspecified atom stereocenters. The third-order valence-electron chi connectivity index (χ3n) is 4.13. The van der Waals surface area contributed by atoms with Gasteiger partial charge in [-0.1, -0.05) is 18.9 Å². The summed E-state index contributed by atoms with van der Waals surface area (Å²) in [4.78, 5) is 10.1. The van der Waals surface area contributed by atoms with Crippen molar-refractivity contribution in [1.29, 1.82) is 0 Å². The number of non-ortho nitro benzene ring substituents is 1. The molecule has 128 valence electrons. The van der Waals surface area contributed by atoms with E-state index in [1.54, 1.807) is 0 Å². The average molecular weight is 341 g/mol. The van der Waals surface area contributed by atoms with Crippen LogP contribution in [-0.4, -0.2) is 33.0 Å². The lowest BCUT2D eigenvalue weighted by molar-refractivity contribution is -0.385. The Morgan fingerprint density at radius 2 is 2.00 bits per heavy atom. The molecule has 0 spiro atoms. The topological polar surface area (TPSA) is 101 Å². The first kappa shape index (κ1) is 17.8. The fourth-order valence-electron chi connectivity index (χ4n) is 2.78. The van der Waals surface area contributed by atoms with Crippen molar-refractivity contribution >= 4 is 15.7 Å². The van der Waals surface area contributed by atoms with E-state index in [0.29, 0.717) is 6.54 Å². The second-order valence-electron chi connectivity index (χ2n) is 5.84. The molecule has 1 heterocycles. The number of benzene rings is 1. The number of hydrogen-bond acceptors (Lipinski definition) is 5. The van der Waals surface area contributed by atoms with Gasteiger partial charge in [-0.15, -0.1) is 0 Å². The Kier molecular flexibility index (Phi) is 6.49. The minimum absolute atomic E-state index is 0.0648. The number of nitrogens with one attached hydrogen (secondary N) is 2. The number of piperidine rings is 1. The summed E-state index contributed by atoms with van der Waals surface area (Å²) in [5.41, 5.74) is -0.223. The minimum atomic E-state index is -3.69. The van der Waals surface area contributed by atoms with Crippen LogP contribution in [0.3, 0.4) is 0 Å². The molecule has 2 rings (SSSR count). The van der Waals surface area contributed by atoms with Crippen LogP contribution in [0.4, 0.5) is 5.69 Å². The number of rotatable bonds is 8. The van der Waals surface area contributed by atoms with Crippen LogP contribution in [0.15, 0.2) is 29.2 Å². The van der Waals surface area contributed by atoms with Gasteiger partial charge in [0.05, 0.1) is 9.82 Å². The van der Waals surface area contributed by atoms with Crippen molar-refractivity contribution in [1.82, 2.24) is 10.0 Å². The highest BCUT2D eigenvalue weighted by molar-refractivity contribution is 7.89. The molecule has 1 aliphatic heterocycles. The zero-order chi connectivity index (χ0) is 16.7. The van der Waals surface area contributed by atoms with Gasteiger partial charge in [-0.2, -0.15) is 0 Å². The van der Waals surface area contributed by atoms with Gasteiger partial charge in [0, 0.05) is 18.7 Å². The first-order valence-electron chi connectivity index (χ1n) is 7.94. The molecule has 0 amide bonds. The van der Waals surface area contributed by atoms with Gasteiger partial charge < -0.3 is 5.32 Å². The van der Waals surface area contributed by atoms with Gasteiger partial charge in [0.25, 0.3) is 5.69 Å². The molecule has 1 aromatic rings. The van der Waals surface area contributed by atoms with Gasteiger partial charge >= 0.3 is 0 Å². The Morgan fingerprint density at radius 3 is 2.70 bits per heavy atom. The van der Waals surface area contributed by atoms with E-state index in [1.807, 2.05) is 0 Å². The largest absolute Gasteiger partial charge is 0.317 e. The highest BCUT2D eigenvalue weighted by Gasteiger charge is 2.17. The van der Waals surface area contributed by atoms with Gasteiger partial charge in [0.1, 0.15) is 0 Å². The number of nitro benzene ring substituents is 1. The summed E-state index contributed by atoms with van der Waals surface area (Å²) >= 11 is 0. The SMILES string of the molecule is O=[N+]([O-])c1cccc(S(=O)(=O)NCCCCC2CCNCC2)c1. The highest BCUT2D eigenvalue weighted by atomic mass is 32.2. The van der Waals surface area contributed by atoms with Crippen molar-refractivity contribution < 1.29 is 13.3 Å². The van der Waals surface area contributed by atoms with Crippen LogP contribution in [0, 0.1) is 16.0 Å². The molecule has 0 aromatic heterocycles. The van der Waals surface area contributed by atoms with E-state index >= 15 is 0 Å². The van der Waals surface area contributed by atoms with Crippen LogP contribution < -0.4 is 10.0 Å². The summed E-state index contributed by atoms with van der Waals surface area (Å²) in [6.07, 6.45) is 5.28. The normalized spacial score (nSPS) is 16.3. The molecule has 0 radical (unpaired) electrons. The Hall–Kier alpha value is -1.51. The maximum Gasteiger partial charge on any atom is 0.270 e. The first-order chi connectivity index (χ1) is 11.0. The molecule has 0 aliphatic carbocycles. The smallest absolute Gasteiger partial charge is 0.270 e. The Bertz CT molecular complexity index is 627. The van der Waals surface area contributed by atoms with Crippen molar-refractivity contribution in [3.8, 4) is 0 Å². The molecule has 0 saturated carbocycles. The molecular formula is C15H23N3O4S. The maximum atomic E-state index is 12.1. The molecule has 1 fully saturated rings. The van der Waals surface area contributed by atoms with Crippen molar-refractivity contribution in [2.45, 2.75) is 37.0 Å². The van der Waals surface area contributed by atoms with Crippen LogP contribution in [0.25, 0.3) is 0 Å². The summed E-state index contributed by atoms with van der Waals surface area (Å²) < 4.78 is 26.8. The molecule has 2 N–H and O–H groups in total. The van der Waals surface area contributed by atoms with E-state index in [-0.39, 0.29) is 10.6 Å². The van der Waals surface area contributed by atoms with Crippen LogP contribution in [0.2, 0.25) is 0 Å². The number of sulfonamides is 1. The Morgan fingerprint density at radius 1 is 1.26 bits per heavy atom. The van der Waals surface area contributed by atoms with Crippen molar-refractivity contribution in [2.75, 3.05) is 19.6 Å². The number of nitro groups is 1. The van der Waals surface area contributed by atoms with Crippen LogP contribution in [-0.2, 0) is 10.0 Å². The van der Waals surface area contributed by atoms with Crippen LogP contribution in [0.5, 0.6) is 0 Å². The molecule has 1 saturated heterocycles. The summed E-state index contributed by atoms with van der Waals surface area (Å²) in [6.45, 7) is 2.50. The minimum Gasteiger partial charge on any atom is -0.317 e. The molecule has 1 aromatic carbocycles. The van der Waals surface area contributed by atoms with Crippen LogP contribution >= 0.6 is 0 Å². The molecule has 0 bridgehead atoms. The standard InChI is InChI=1S/C15H23N3O4S/c19-18(20)14-5-3-6-15(12-14)23(21,22)17-9-2-1-4-13-7-10-16-11-8-13/h3,5-6,12-13,16-17H,1-2,4,7-11H2. The zero-order valence-electron chi connectivity index (χ0n) is 13.0. The first-order valence-corrected chi connectivity index (χ1v) is 9.42. The van der Waals surface area contributed by atoms with E-state index in [1.165, 1.54) is 31.0 Å². The molecular weight excluding hydrogens is 318 g/mol. The van der Waals surface area contributed by atoms with E-state index < -0.39 is 14.9 Å². The van der Waals surface area contributed by atoms with Gasteiger partial charge in [-0.05, 0) is 44.3 Å². The van der Waals surface area contributed by atoms with Gasteiger partial charge in [-0.3, -0.25) is 10.1 Å². The summed E-state index contributed by atoms with van der Waals surface area (Å²) in [7, 11) is -3.69. The maximum absolute atomic E-state index is 12.1. The number of nitrogens with zero attached hydrogens (tertiary/aromatic N) is 1. The van der Waals surface area contributed by atoms with E-state index in [2.05, 4.69) is 10.0 Å². The monoisotopic (exact) mass is 341 g/mol. The van der Waals surface area contributed by atoms with Crippen molar-refractivity contribution in [3.05, 3.63) is 34.4 Å².